The number of aromatic hydroxyl groups is 1. The molecule has 3 unspecified atom stereocenters. The minimum atomic E-state index is -0.821. The number of rotatable bonds is 12. The van der Waals surface area contributed by atoms with E-state index < -0.39 is 30.3 Å². The molecule has 0 aromatic heterocycles. The standard InChI is InChI=1S/C18H32N6O3/c1-2-13(19)16(26)15(4-3-9-23-18(21)22)24-17(27)14(20)10-11-5-7-12(25)8-6-11/h5-8,13-15,18,23,25H,2-4,9-10,19-22H2,1H3,(H,24,27). The summed E-state index contributed by atoms with van der Waals surface area (Å²) >= 11 is 0. The van der Waals surface area contributed by atoms with Crippen LogP contribution >= 0.6 is 0 Å². The van der Waals surface area contributed by atoms with Crippen molar-refractivity contribution in [1.29, 1.82) is 0 Å². The fourth-order valence-corrected chi connectivity index (χ4v) is 2.58. The van der Waals surface area contributed by atoms with Crippen molar-refractivity contribution in [2.24, 2.45) is 22.9 Å². The van der Waals surface area contributed by atoms with Gasteiger partial charge in [0.1, 0.15) is 12.0 Å². The fourth-order valence-electron chi connectivity index (χ4n) is 2.58. The van der Waals surface area contributed by atoms with E-state index in [1.54, 1.807) is 12.1 Å². The predicted octanol–water partition coefficient (Wildman–Crippen LogP) is -1.38. The monoisotopic (exact) mass is 380 g/mol. The van der Waals surface area contributed by atoms with Crippen LogP contribution in [0.3, 0.4) is 0 Å². The number of amides is 1. The van der Waals surface area contributed by atoms with E-state index in [4.69, 9.17) is 22.9 Å². The van der Waals surface area contributed by atoms with E-state index >= 15 is 0 Å². The van der Waals surface area contributed by atoms with Crippen molar-refractivity contribution in [2.75, 3.05) is 6.54 Å². The molecule has 152 valence electrons. The summed E-state index contributed by atoms with van der Waals surface area (Å²) in [4.78, 5) is 24.9. The molecule has 0 radical (unpaired) electrons. The number of hydrogen-bond acceptors (Lipinski definition) is 8. The van der Waals surface area contributed by atoms with Gasteiger partial charge in [-0.3, -0.25) is 14.9 Å². The number of nitrogens with one attached hydrogen (secondary N) is 2. The Kier molecular flexibility index (Phi) is 9.90. The summed E-state index contributed by atoms with van der Waals surface area (Å²) in [6, 6.07) is 4.27. The SMILES string of the molecule is CCC(N)C(=O)C(CCCNC(N)N)NC(=O)C(N)Cc1ccc(O)cc1. The van der Waals surface area contributed by atoms with Crippen molar-refractivity contribution in [3.63, 3.8) is 0 Å². The lowest BCUT2D eigenvalue weighted by molar-refractivity contribution is -0.129. The lowest BCUT2D eigenvalue weighted by atomic mass is 9.98. The van der Waals surface area contributed by atoms with Crippen LogP contribution in [0.25, 0.3) is 0 Å². The van der Waals surface area contributed by atoms with E-state index in [0.717, 1.165) is 5.56 Å². The average molecular weight is 380 g/mol. The molecule has 11 N–H and O–H groups in total. The van der Waals surface area contributed by atoms with Crippen LogP contribution < -0.4 is 33.6 Å². The van der Waals surface area contributed by atoms with Crippen LogP contribution in [0, 0.1) is 0 Å². The van der Waals surface area contributed by atoms with Gasteiger partial charge in [-0.25, -0.2) is 0 Å². The van der Waals surface area contributed by atoms with Crippen LogP contribution in [-0.4, -0.2) is 47.8 Å². The van der Waals surface area contributed by atoms with Gasteiger partial charge < -0.3 is 33.4 Å². The number of phenolic OH excluding ortho intramolecular Hbond substituents is 1. The Morgan fingerprint density at radius 3 is 2.26 bits per heavy atom. The average Bonchev–Trinajstić information content (AvgIpc) is 2.64. The highest BCUT2D eigenvalue weighted by Gasteiger charge is 2.26. The van der Waals surface area contributed by atoms with E-state index in [-0.39, 0.29) is 18.0 Å². The topological polar surface area (TPSA) is 183 Å². The largest absolute Gasteiger partial charge is 0.508 e. The number of Topliss-reactive ketones (excluding diaryl/α,β-unsaturated/α-hetero) is 1. The lowest BCUT2D eigenvalue weighted by Gasteiger charge is -2.23. The minimum absolute atomic E-state index is 0.141. The van der Waals surface area contributed by atoms with E-state index in [2.05, 4.69) is 10.6 Å². The molecule has 0 heterocycles. The highest BCUT2D eigenvalue weighted by Crippen LogP contribution is 2.11. The summed E-state index contributed by atoms with van der Waals surface area (Å²) in [6.45, 7) is 2.32. The van der Waals surface area contributed by atoms with Gasteiger partial charge in [-0.05, 0) is 49.9 Å². The number of hydrogen-bond donors (Lipinski definition) is 7. The second kappa shape index (κ2) is 11.6. The first-order valence-corrected chi connectivity index (χ1v) is 9.12. The zero-order chi connectivity index (χ0) is 20.4. The van der Waals surface area contributed by atoms with Gasteiger partial charge in [-0.1, -0.05) is 19.1 Å². The van der Waals surface area contributed by atoms with Crippen molar-refractivity contribution in [1.82, 2.24) is 10.6 Å². The van der Waals surface area contributed by atoms with Gasteiger partial charge in [0.05, 0.1) is 18.1 Å². The van der Waals surface area contributed by atoms with Gasteiger partial charge in [-0.2, -0.15) is 0 Å². The van der Waals surface area contributed by atoms with E-state index in [0.29, 0.717) is 25.8 Å². The Morgan fingerprint density at radius 2 is 1.70 bits per heavy atom. The molecule has 0 aliphatic rings. The lowest BCUT2D eigenvalue weighted by Crippen LogP contribution is -2.53. The van der Waals surface area contributed by atoms with Gasteiger partial charge >= 0.3 is 0 Å². The summed E-state index contributed by atoms with van der Waals surface area (Å²) in [7, 11) is 0. The first-order valence-electron chi connectivity index (χ1n) is 9.12. The van der Waals surface area contributed by atoms with Crippen molar-refractivity contribution in [3.8, 4) is 5.75 Å². The third-order valence-corrected chi connectivity index (χ3v) is 4.24. The van der Waals surface area contributed by atoms with Crippen molar-refractivity contribution in [3.05, 3.63) is 29.8 Å². The first kappa shape index (κ1) is 23.0. The molecule has 27 heavy (non-hydrogen) atoms. The number of carbonyl (C=O) groups excluding carboxylic acids is 2. The summed E-state index contributed by atoms with van der Waals surface area (Å²) in [5.74, 6) is -0.505. The molecule has 1 aromatic rings. The third kappa shape index (κ3) is 8.46. The second-order valence-corrected chi connectivity index (χ2v) is 6.58. The molecular formula is C18H32N6O3. The Hall–Kier alpha value is -2.04. The maximum Gasteiger partial charge on any atom is 0.237 e. The number of nitrogens with two attached hydrogens (primary N) is 4. The fraction of sp³-hybridized carbons (Fsp3) is 0.556. The van der Waals surface area contributed by atoms with E-state index in [1.165, 1.54) is 12.1 Å². The molecule has 9 heteroatoms. The van der Waals surface area contributed by atoms with E-state index in [9.17, 15) is 14.7 Å². The van der Waals surface area contributed by atoms with E-state index in [1.807, 2.05) is 6.92 Å². The molecule has 1 amide bonds. The maximum absolute atomic E-state index is 12.5. The summed E-state index contributed by atoms with van der Waals surface area (Å²) in [6.07, 6.45) is 1.13. The van der Waals surface area contributed by atoms with Crippen LogP contribution in [0.2, 0.25) is 0 Å². The van der Waals surface area contributed by atoms with Gasteiger partial charge in [0, 0.05) is 0 Å². The zero-order valence-corrected chi connectivity index (χ0v) is 15.7. The molecule has 0 saturated carbocycles. The highest BCUT2D eigenvalue weighted by atomic mass is 16.3. The minimum Gasteiger partial charge on any atom is -0.508 e. The number of carbonyl (C=O) groups is 2. The molecule has 1 rings (SSSR count). The quantitative estimate of drug-likeness (QED) is 0.171. The molecule has 0 aliphatic heterocycles. The predicted molar refractivity (Wildman–Crippen MR) is 104 cm³/mol. The van der Waals surface area contributed by atoms with Crippen LogP contribution in [0.5, 0.6) is 5.75 Å². The van der Waals surface area contributed by atoms with Crippen molar-refractivity contribution in [2.45, 2.75) is 57.0 Å². The maximum atomic E-state index is 12.5. The molecular weight excluding hydrogens is 348 g/mol. The zero-order valence-electron chi connectivity index (χ0n) is 15.7. The molecule has 0 fully saturated rings. The van der Waals surface area contributed by atoms with Gasteiger partial charge in [0.2, 0.25) is 5.91 Å². The summed E-state index contributed by atoms with van der Waals surface area (Å²) in [5, 5.41) is 14.9. The normalized spacial score (nSPS) is 14.6. The van der Waals surface area contributed by atoms with Crippen LogP contribution in [0.4, 0.5) is 0 Å². The van der Waals surface area contributed by atoms with Crippen LogP contribution in [0.15, 0.2) is 24.3 Å². The second-order valence-electron chi connectivity index (χ2n) is 6.58. The molecule has 0 bridgehead atoms. The van der Waals surface area contributed by atoms with Crippen LogP contribution in [0.1, 0.15) is 31.7 Å². The first-order chi connectivity index (χ1) is 12.7. The molecule has 0 aliphatic carbocycles. The Labute approximate surface area is 159 Å². The summed E-state index contributed by atoms with van der Waals surface area (Å²) in [5.41, 5.74) is 23.5. The summed E-state index contributed by atoms with van der Waals surface area (Å²) < 4.78 is 0. The Balaban J connectivity index is 2.66. The highest BCUT2D eigenvalue weighted by molar-refractivity contribution is 5.93. The van der Waals surface area contributed by atoms with Gasteiger partial charge in [0.25, 0.3) is 0 Å². The van der Waals surface area contributed by atoms with Gasteiger partial charge in [-0.15, -0.1) is 0 Å². The Bertz CT molecular complexity index is 593. The number of ketones is 1. The van der Waals surface area contributed by atoms with Crippen LogP contribution in [-0.2, 0) is 16.0 Å². The Morgan fingerprint density at radius 1 is 1.07 bits per heavy atom. The molecule has 9 nitrogen and oxygen atoms in total. The number of phenols is 1. The molecule has 1 aromatic carbocycles. The molecule has 0 saturated heterocycles. The molecule has 0 spiro atoms. The number of benzene rings is 1. The van der Waals surface area contributed by atoms with Gasteiger partial charge in [0.15, 0.2) is 5.78 Å². The third-order valence-electron chi connectivity index (χ3n) is 4.24. The van der Waals surface area contributed by atoms with Crippen molar-refractivity contribution >= 4 is 11.7 Å². The smallest absolute Gasteiger partial charge is 0.237 e. The van der Waals surface area contributed by atoms with Crippen molar-refractivity contribution < 1.29 is 14.7 Å². The molecule has 3 atom stereocenters.